The van der Waals surface area contributed by atoms with Crippen LogP contribution in [0.4, 0.5) is 10.5 Å². The van der Waals surface area contributed by atoms with Gasteiger partial charge in [-0.1, -0.05) is 42.5 Å². The summed E-state index contributed by atoms with van der Waals surface area (Å²) in [6.07, 6.45) is 0.405. The highest BCUT2D eigenvalue weighted by atomic mass is 16.6. The monoisotopic (exact) mass is 368 g/mol. The van der Waals surface area contributed by atoms with Gasteiger partial charge in [0.15, 0.2) is 0 Å². The lowest BCUT2D eigenvalue weighted by Gasteiger charge is -2.35. The number of carbonyl (C=O) groups excluding carboxylic acids is 1. The number of aliphatic carboxylic acids is 1. The largest absolute Gasteiger partial charge is 0.481 e. The molecule has 2 aromatic carbocycles. The van der Waals surface area contributed by atoms with Crippen LogP contribution in [0.25, 0.3) is 0 Å². The molecular formula is C21H24N2O4. The van der Waals surface area contributed by atoms with Gasteiger partial charge in [-0.05, 0) is 29.7 Å². The van der Waals surface area contributed by atoms with Gasteiger partial charge in [0.05, 0.1) is 0 Å². The molecule has 1 aliphatic heterocycles. The number of nitrogens with zero attached hydrogens (tertiary/aromatic N) is 2. The molecule has 0 unspecified atom stereocenters. The second kappa shape index (κ2) is 9.07. The van der Waals surface area contributed by atoms with E-state index < -0.39 is 5.97 Å². The van der Waals surface area contributed by atoms with Gasteiger partial charge in [0.2, 0.25) is 0 Å². The maximum absolute atomic E-state index is 12.2. The number of ether oxygens (including phenoxy) is 1. The van der Waals surface area contributed by atoms with Crippen LogP contribution in [0.15, 0.2) is 54.6 Å². The first-order valence-electron chi connectivity index (χ1n) is 9.13. The summed E-state index contributed by atoms with van der Waals surface area (Å²) in [6.45, 7) is 3.02. The molecule has 1 amide bonds. The molecule has 3 rings (SSSR count). The van der Waals surface area contributed by atoms with E-state index >= 15 is 0 Å². The van der Waals surface area contributed by atoms with Crippen molar-refractivity contribution in [3.8, 4) is 0 Å². The number of anilines is 1. The van der Waals surface area contributed by atoms with E-state index in [1.54, 1.807) is 4.90 Å². The number of carboxylic acids is 1. The van der Waals surface area contributed by atoms with Crippen molar-refractivity contribution >= 4 is 17.7 Å². The Bertz CT molecular complexity index is 754. The standard InChI is InChI=1S/C21H24N2O4/c24-20(25)11-8-17-6-9-19(10-7-17)22-12-14-23(15-13-22)21(26)27-16-18-4-2-1-3-5-18/h1-7,9-10H,8,11-16H2,(H,24,25). The summed E-state index contributed by atoms with van der Waals surface area (Å²) >= 11 is 0. The lowest BCUT2D eigenvalue weighted by Crippen LogP contribution is -2.48. The number of rotatable bonds is 6. The Morgan fingerprint density at radius 1 is 0.889 bits per heavy atom. The number of benzene rings is 2. The molecule has 1 saturated heterocycles. The highest BCUT2D eigenvalue weighted by Crippen LogP contribution is 2.18. The normalized spacial score (nSPS) is 14.1. The van der Waals surface area contributed by atoms with E-state index in [1.807, 2.05) is 54.6 Å². The number of aryl methyl sites for hydroxylation is 1. The Balaban J connectivity index is 1.45. The number of hydrogen-bond acceptors (Lipinski definition) is 4. The van der Waals surface area contributed by atoms with Crippen LogP contribution >= 0.6 is 0 Å². The maximum Gasteiger partial charge on any atom is 0.410 e. The van der Waals surface area contributed by atoms with Crippen molar-refractivity contribution in [3.63, 3.8) is 0 Å². The molecule has 6 nitrogen and oxygen atoms in total. The Labute approximate surface area is 159 Å². The van der Waals surface area contributed by atoms with Crippen LogP contribution in [-0.4, -0.2) is 48.2 Å². The molecule has 0 aromatic heterocycles. The van der Waals surface area contributed by atoms with Crippen LogP contribution in [0.5, 0.6) is 0 Å². The van der Waals surface area contributed by atoms with Crippen molar-refractivity contribution in [2.45, 2.75) is 19.4 Å². The molecule has 0 bridgehead atoms. The van der Waals surface area contributed by atoms with E-state index in [1.165, 1.54) is 0 Å². The molecule has 6 heteroatoms. The van der Waals surface area contributed by atoms with Crippen LogP contribution in [0.1, 0.15) is 17.5 Å². The lowest BCUT2D eigenvalue weighted by atomic mass is 10.1. The van der Waals surface area contributed by atoms with Crippen molar-refractivity contribution in [1.82, 2.24) is 4.90 Å². The Hall–Kier alpha value is -3.02. The molecule has 142 valence electrons. The summed E-state index contributed by atoms with van der Waals surface area (Å²) in [7, 11) is 0. The zero-order chi connectivity index (χ0) is 19.1. The maximum atomic E-state index is 12.2. The number of carboxylic acid groups (broad SMARTS) is 1. The third-order valence-corrected chi connectivity index (χ3v) is 4.67. The van der Waals surface area contributed by atoms with Gasteiger partial charge in [-0.15, -0.1) is 0 Å². The highest BCUT2D eigenvalue weighted by Gasteiger charge is 2.22. The van der Waals surface area contributed by atoms with Gasteiger partial charge in [-0.2, -0.15) is 0 Å². The zero-order valence-electron chi connectivity index (χ0n) is 15.2. The van der Waals surface area contributed by atoms with Crippen LogP contribution in [0.3, 0.4) is 0 Å². The van der Waals surface area contributed by atoms with Crippen LogP contribution in [0, 0.1) is 0 Å². The van der Waals surface area contributed by atoms with Crippen molar-refractivity contribution in [3.05, 3.63) is 65.7 Å². The minimum atomic E-state index is -0.783. The van der Waals surface area contributed by atoms with Crippen molar-refractivity contribution in [2.24, 2.45) is 0 Å². The number of piperazine rings is 1. The molecule has 0 saturated carbocycles. The average molecular weight is 368 g/mol. The number of amides is 1. The van der Waals surface area contributed by atoms with E-state index in [2.05, 4.69) is 4.90 Å². The molecule has 0 radical (unpaired) electrons. The van der Waals surface area contributed by atoms with E-state index in [4.69, 9.17) is 9.84 Å². The Kier molecular flexibility index (Phi) is 6.30. The van der Waals surface area contributed by atoms with Gasteiger partial charge in [0.1, 0.15) is 6.61 Å². The van der Waals surface area contributed by atoms with E-state index in [0.29, 0.717) is 19.5 Å². The van der Waals surface area contributed by atoms with Crippen molar-refractivity contribution in [1.29, 1.82) is 0 Å². The third kappa shape index (κ3) is 5.48. The predicted octanol–water partition coefficient (Wildman–Crippen LogP) is 3.16. The molecule has 1 heterocycles. The first-order valence-corrected chi connectivity index (χ1v) is 9.13. The second-order valence-corrected chi connectivity index (χ2v) is 6.57. The van der Waals surface area contributed by atoms with Gasteiger partial charge in [0.25, 0.3) is 0 Å². The molecule has 0 spiro atoms. The topological polar surface area (TPSA) is 70.1 Å². The first-order chi connectivity index (χ1) is 13.1. The first kappa shape index (κ1) is 18.8. The Morgan fingerprint density at radius 2 is 1.56 bits per heavy atom. The fraction of sp³-hybridized carbons (Fsp3) is 0.333. The molecule has 0 atom stereocenters. The van der Waals surface area contributed by atoms with Crippen molar-refractivity contribution in [2.75, 3.05) is 31.1 Å². The van der Waals surface area contributed by atoms with Gasteiger partial charge in [0, 0.05) is 38.3 Å². The van der Waals surface area contributed by atoms with Crippen LogP contribution in [0.2, 0.25) is 0 Å². The molecule has 27 heavy (non-hydrogen) atoms. The van der Waals surface area contributed by atoms with E-state index in [0.717, 1.165) is 29.9 Å². The smallest absolute Gasteiger partial charge is 0.410 e. The molecular weight excluding hydrogens is 344 g/mol. The summed E-state index contributed by atoms with van der Waals surface area (Å²) in [6, 6.07) is 17.6. The fourth-order valence-electron chi connectivity index (χ4n) is 3.08. The zero-order valence-corrected chi connectivity index (χ0v) is 15.2. The number of carbonyl (C=O) groups is 2. The second-order valence-electron chi connectivity index (χ2n) is 6.57. The predicted molar refractivity (Wildman–Crippen MR) is 103 cm³/mol. The highest BCUT2D eigenvalue weighted by molar-refractivity contribution is 5.68. The molecule has 1 fully saturated rings. The Morgan fingerprint density at radius 3 is 2.19 bits per heavy atom. The molecule has 0 aliphatic carbocycles. The van der Waals surface area contributed by atoms with E-state index in [-0.39, 0.29) is 19.1 Å². The van der Waals surface area contributed by atoms with E-state index in [9.17, 15) is 9.59 Å². The van der Waals surface area contributed by atoms with Gasteiger partial charge in [-0.3, -0.25) is 4.79 Å². The molecule has 1 aliphatic rings. The summed E-state index contributed by atoms with van der Waals surface area (Å²) in [4.78, 5) is 26.8. The third-order valence-electron chi connectivity index (χ3n) is 4.67. The van der Waals surface area contributed by atoms with Crippen molar-refractivity contribution < 1.29 is 19.4 Å². The molecule has 1 N–H and O–H groups in total. The SMILES string of the molecule is O=C(O)CCc1ccc(N2CCN(C(=O)OCc3ccccc3)CC2)cc1. The summed E-state index contributed by atoms with van der Waals surface area (Å²) < 4.78 is 5.39. The minimum absolute atomic E-state index is 0.142. The average Bonchev–Trinajstić information content (AvgIpc) is 2.72. The van der Waals surface area contributed by atoms with Crippen LogP contribution < -0.4 is 4.90 Å². The summed E-state index contributed by atoms with van der Waals surface area (Å²) in [5.41, 5.74) is 3.09. The number of hydrogen-bond donors (Lipinski definition) is 1. The van der Waals surface area contributed by atoms with Gasteiger partial charge >= 0.3 is 12.1 Å². The quantitative estimate of drug-likeness (QED) is 0.848. The minimum Gasteiger partial charge on any atom is -0.481 e. The fourth-order valence-corrected chi connectivity index (χ4v) is 3.08. The summed E-state index contributed by atoms with van der Waals surface area (Å²) in [5.74, 6) is -0.783. The lowest BCUT2D eigenvalue weighted by molar-refractivity contribution is -0.136. The summed E-state index contributed by atoms with van der Waals surface area (Å²) in [5, 5.41) is 8.76. The van der Waals surface area contributed by atoms with Gasteiger partial charge < -0.3 is 19.6 Å². The molecule has 2 aromatic rings. The van der Waals surface area contributed by atoms with Gasteiger partial charge in [-0.25, -0.2) is 4.79 Å². The van der Waals surface area contributed by atoms with Crippen LogP contribution in [-0.2, 0) is 22.6 Å².